The maximum Gasteiger partial charge on any atom is 0.335 e. The van der Waals surface area contributed by atoms with Crippen molar-refractivity contribution >= 4 is 23.5 Å². The van der Waals surface area contributed by atoms with Crippen molar-refractivity contribution in [2.75, 3.05) is 18.4 Å². The Labute approximate surface area is 157 Å². The summed E-state index contributed by atoms with van der Waals surface area (Å²) in [6.07, 6.45) is 1.17. The molecule has 1 heterocycles. The van der Waals surface area contributed by atoms with Gasteiger partial charge in [-0.15, -0.1) is 0 Å². The van der Waals surface area contributed by atoms with Crippen LogP contribution >= 0.6 is 0 Å². The minimum atomic E-state index is -1.05. The van der Waals surface area contributed by atoms with Gasteiger partial charge < -0.3 is 15.3 Å². The fourth-order valence-corrected chi connectivity index (χ4v) is 3.32. The molecular formula is C21H22N2O4. The van der Waals surface area contributed by atoms with E-state index in [4.69, 9.17) is 0 Å². The Morgan fingerprint density at radius 1 is 1.00 bits per heavy atom. The first-order valence-electron chi connectivity index (χ1n) is 8.94. The van der Waals surface area contributed by atoms with Crippen molar-refractivity contribution in [1.82, 2.24) is 4.90 Å². The second-order valence-corrected chi connectivity index (χ2v) is 6.81. The number of carboxylic acids is 1. The standard InChI is InChI=1S/C21H22N2O4/c1-14-11-16(13-17(12-14)21(26)27)20(25)23-9-7-15(8-10-23)19(24)22-18-5-3-2-4-6-18/h2-6,11-13,15H,7-10H2,1H3,(H,22,24)(H,26,27). The summed E-state index contributed by atoms with van der Waals surface area (Å²) in [7, 11) is 0. The Morgan fingerprint density at radius 3 is 2.26 bits per heavy atom. The van der Waals surface area contributed by atoms with E-state index < -0.39 is 5.97 Å². The van der Waals surface area contributed by atoms with Crippen molar-refractivity contribution in [2.45, 2.75) is 19.8 Å². The average Bonchev–Trinajstić information content (AvgIpc) is 2.67. The van der Waals surface area contributed by atoms with Crippen LogP contribution in [0.5, 0.6) is 0 Å². The molecule has 0 atom stereocenters. The van der Waals surface area contributed by atoms with Crippen molar-refractivity contribution < 1.29 is 19.5 Å². The van der Waals surface area contributed by atoms with E-state index in [9.17, 15) is 19.5 Å². The number of nitrogens with one attached hydrogen (secondary N) is 1. The number of aryl methyl sites for hydroxylation is 1. The Kier molecular flexibility index (Phi) is 5.54. The maximum absolute atomic E-state index is 12.7. The zero-order valence-electron chi connectivity index (χ0n) is 15.1. The third-order valence-corrected chi connectivity index (χ3v) is 4.77. The lowest BCUT2D eigenvalue weighted by Gasteiger charge is -2.31. The van der Waals surface area contributed by atoms with E-state index in [1.165, 1.54) is 6.07 Å². The van der Waals surface area contributed by atoms with Crippen molar-refractivity contribution in [3.63, 3.8) is 0 Å². The molecule has 2 aromatic rings. The monoisotopic (exact) mass is 366 g/mol. The number of benzene rings is 2. The molecular weight excluding hydrogens is 344 g/mol. The number of hydrogen-bond acceptors (Lipinski definition) is 3. The molecule has 0 bridgehead atoms. The quantitative estimate of drug-likeness (QED) is 0.870. The number of hydrogen-bond donors (Lipinski definition) is 2. The molecule has 1 aliphatic rings. The van der Waals surface area contributed by atoms with Crippen LogP contribution in [0, 0.1) is 12.8 Å². The molecule has 1 saturated heterocycles. The summed E-state index contributed by atoms with van der Waals surface area (Å²) < 4.78 is 0. The lowest BCUT2D eigenvalue weighted by atomic mass is 9.95. The molecule has 0 saturated carbocycles. The predicted molar refractivity (Wildman–Crippen MR) is 102 cm³/mol. The Hall–Kier alpha value is -3.15. The molecule has 0 unspecified atom stereocenters. The molecule has 6 heteroatoms. The third-order valence-electron chi connectivity index (χ3n) is 4.77. The molecule has 1 fully saturated rings. The summed E-state index contributed by atoms with van der Waals surface area (Å²) in [6, 6.07) is 14.0. The molecule has 0 radical (unpaired) electrons. The Morgan fingerprint density at radius 2 is 1.63 bits per heavy atom. The van der Waals surface area contributed by atoms with E-state index in [1.54, 1.807) is 24.0 Å². The van der Waals surface area contributed by atoms with Crippen molar-refractivity contribution in [1.29, 1.82) is 0 Å². The van der Waals surface area contributed by atoms with Crippen molar-refractivity contribution in [3.8, 4) is 0 Å². The summed E-state index contributed by atoms with van der Waals surface area (Å²) in [5, 5.41) is 12.1. The van der Waals surface area contributed by atoms with Gasteiger partial charge >= 0.3 is 5.97 Å². The van der Waals surface area contributed by atoms with Crippen LogP contribution < -0.4 is 5.32 Å². The second-order valence-electron chi connectivity index (χ2n) is 6.81. The number of carbonyl (C=O) groups is 3. The highest BCUT2D eigenvalue weighted by Gasteiger charge is 2.28. The van der Waals surface area contributed by atoms with Gasteiger partial charge in [0.05, 0.1) is 5.56 Å². The smallest absolute Gasteiger partial charge is 0.335 e. The number of rotatable bonds is 4. The van der Waals surface area contributed by atoms with Gasteiger partial charge in [-0.25, -0.2) is 4.79 Å². The molecule has 0 aromatic heterocycles. The van der Waals surface area contributed by atoms with E-state index in [1.807, 2.05) is 30.3 Å². The number of aromatic carboxylic acids is 1. The van der Waals surface area contributed by atoms with Gasteiger partial charge in [0.1, 0.15) is 0 Å². The zero-order chi connectivity index (χ0) is 19.4. The van der Waals surface area contributed by atoms with Crippen molar-refractivity contribution in [2.24, 2.45) is 5.92 Å². The molecule has 2 aromatic carbocycles. The second kappa shape index (κ2) is 8.03. The molecule has 27 heavy (non-hydrogen) atoms. The highest BCUT2D eigenvalue weighted by atomic mass is 16.4. The van der Waals surface area contributed by atoms with Gasteiger partial charge in [0, 0.05) is 30.3 Å². The molecule has 1 aliphatic heterocycles. The molecule has 0 spiro atoms. The molecule has 2 amide bonds. The minimum Gasteiger partial charge on any atom is -0.478 e. The number of piperidine rings is 1. The number of amides is 2. The van der Waals surface area contributed by atoms with Gasteiger partial charge in [-0.1, -0.05) is 18.2 Å². The SMILES string of the molecule is Cc1cc(C(=O)O)cc(C(=O)N2CCC(C(=O)Nc3ccccc3)CC2)c1. The number of likely N-dealkylation sites (tertiary alicyclic amines) is 1. The fourth-order valence-electron chi connectivity index (χ4n) is 3.32. The van der Waals surface area contributed by atoms with Gasteiger partial charge in [-0.2, -0.15) is 0 Å². The predicted octanol–water partition coefficient (Wildman–Crippen LogP) is 3.18. The van der Waals surface area contributed by atoms with Crippen LogP contribution in [0.4, 0.5) is 5.69 Å². The topological polar surface area (TPSA) is 86.7 Å². The van der Waals surface area contributed by atoms with Crippen LogP contribution in [0.1, 0.15) is 39.1 Å². The first-order chi connectivity index (χ1) is 12.9. The van der Waals surface area contributed by atoms with Crippen LogP contribution in [0.3, 0.4) is 0 Å². The number of anilines is 1. The van der Waals surface area contributed by atoms with Gasteiger partial charge in [0.15, 0.2) is 0 Å². The highest BCUT2D eigenvalue weighted by Crippen LogP contribution is 2.22. The molecule has 0 aliphatic carbocycles. The van der Waals surface area contributed by atoms with Crippen LogP contribution in [0.2, 0.25) is 0 Å². The number of para-hydroxylation sites is 1. The third kappa shape index (κ3) is 4.53. The summed E-state index contributed by atoms with van der Waals surface area (Å²) in [4.78, 5) is 38.0. The van der Waals surface area contributed by atoms with Gasteiger partial charge in [-0.05, 0) is 55.7 Å². The summed E-state index contributed by atoms with van der Waals surface area (Å²) >= 11 is 0. The van der Waals surface area contributed by atoms with Gasteiger partial charge in [0.25, 0.3) is 5.91 Å². The first kappa shape index (κ1) is 18.6. The fraction of sp³-hybridized carbons (Fsp3) is 0.286. The summed E-state index contributed by atoms with van der Waals surface area (Å²) in [5.41, 5.74) is 1.98. The van der Waals surface area contributed by atoms with Crippen LogP contribution in [0.15, 0.2) is 48.5 Å². The van der Waals surface area contributed by atoms with E-state index in [2.05, 4.69) is 5.32 Å². The summed E-state index contributed by atoms with van der Waals surface area (Å²) in [5.74, 6) is -1.41. The largest absolute Gasteiger partial charge is 0.478 e. The lowest BCUT2D eigenvalue weighted by molar-refractivity contribution is -0.121. The lowest BCUT2D eigenvalue weighted by Crippen LogP contribution is -2.41. The van der Waals surface area contributed by atoms with Crippen LogP contribution in [-0.2, 0) is 4.79 Å². The minimum absolute atomic E-state index is 0.0305. The number of nitrogens with zero attached hydrogens (tertiary/aromatic N) is 1. The van der Waals surface area contributed by atoms with Crippen molar-refractivity contribution in [3.05, 3.63) is 65.2 Å². The van der Waals surface area contributed by atoms with E-state index in [0.29, 0.717) is 31.5 Å². The molecule has 2 N–H and O–H groups in total. The van der Waals surface area contributed by atoms with E-state index in [0.717, 1.165) is 11.3 Å². The molecule has 6 nitrogen and oxygen atoms in total. The first-order valence-corrected chi connectivity index (χ1v) is 8.94. The van der Waals surface area contributed by atoms with E-state index in [-0.39, 0.29) is 23.3 Å². The Balaban J connectivity index is 1.61. The average molecular weight is 366 g/mol. The maximum atomic E-state index is 12.7. The normalized spacial score (nSPS) is 14.6. The van der Waals surface area contributed by atoms with Gasteiger partial charge in [-0.3, -0.25) is 9.59 Å². The van der Waals surface area contributed by atoms with Gasteiger partial charge in [0.2, 0.25) is 5.91 Å². The molecule has 140 valence electrons. The number of carboxylic acid groups (broad SMARTS) is 1. The van der Waals surface area contributed by atoms with Crippen LogP contribution in [-0.4, -0.2) is 40.9 Å². The highest BCUT2D eigenvalue weighted by molar-refractivity contribution is 5.98. The van der Waals surface area contributed by atoms with Crippen LogP contribution in [0.25, 0.3) is 0 Å². The number of carbonyl (C=O) groups excluding carboxylic acids is 2. The molecule has 3 rings (SSSR count). The zero-order valence-corrected chi connectivity index (χ0v) is 15.1. The summed E-state index contributed by atoms with van der Waals surface area (Å²) in [6.45, 7) is 2.72. The Bertz CT molecular complexity index is 856. The van der Waals surface area contributed by atoms with E-state index >= 15 is 0 Å².